The number of rotatable bonds is 3. The second-order valence-electron chi connectivity index (χ2n) is 4.22. The Labute approximate surface area is 132 Å². The monoisotopic (exact) mass is 337 g/mol. The SMILES string of the molecule is O=C(Nc1csc(-c2cccs2)n1)Nc1ccc(F)cc1F. The molecule has 3 aromatic rings. The lowest BCUT2D eigenvalue weighted by atomic mass is 10.3. The smallest absolute Gasteiger partial charge is 0.305 e. The van der Waals surface area contributed by atoms with E-state index in [1.54, 1.807) is 16.7 Å². The number of thiazole rings is 1. The number of anilines is 2. The standard InChI is InChI=1S/C14H9F2N3OS2/c15-8-3-4-10(9(16)6-8)17-14(20)19-12-7-22-13(18-12)11-2-1-5-21-11/h1-7H,(H2,17,19,20). The maximum atomic E-state index is 13.4. The van der Waals surface area contributed by atoms with Gasteiger partial charge >= 0.3 is 6.03 Å². The van der Waals surface area contributed by atoms with Crippen LogP contribution in [0.3, 0.4) is 0 Å². The predicted molar refractivity (Wildman–Crippen MR) is 84.4 cm³/mol. The third kappa shape index (κ3) is 3.29. The Morgan fingerprint density at radius 1 is 1.14 bits per heavy atom. The van der Waals surface area contributed by atoms with E-state index >= 15 is 0 Å². The molecule has 0 saturated heterocycles. The fourth-order valence-electron chi connectivity index (χ4n) is 1.71. The molecule has 1 aromatic carbocycles. The highest BCUT2D eigenvalue weighted by molar-refractivity contribution is 7.20. The zero-order valence-electron chi connectivity index (χ0n) is 11.0. The van der Waals surface area contributed by atoms with Crippen molar-refractivity contribution >= 4 is 40.2 Å². The quantitative estimate of drug-likeness (QED) is 0.722. The lowest BCUT2D eigenvalue weighted by Crippen LogP contribution is -2.20. The van der Waals surface area contributed by atoms with Gasteiger partial charge in [-0.3, -0.25) is 5.32 Å². The Kier molecular flexibility index (Phi) is 4.12. The number of amides is 2. The molecule has 112 valence electrons. The first-order valence-corrected chi connectivity index (χ1v) is 7.90. The van der Waals surface area contributed by atoms with Gasteiger partial charge in [0, 0.05) is 11.4 Å². The molecule has 22 heavy (non-hydrogen) atoms. The number of hydrogen-bond donors (Lipinski definition) is 2. The Morgan fingerprint density at radius 3 is 2.73 bits per heavy atom. The molecule has 0 radical (unpaired) electrons. The molecule has 0 aliphatic rings. The third-order valence-electron chi connectivity index (χ3n) is 2.66. The van der Waals surface area contributed by atoms with Gasteiger partial charge in [0.1, 0.15) is 22.5 Å². The first-order valence-electron chi connectivity index (χ1n) is 6.14. The molecule has 0 atom stereocenters. The minimum Gasteiger partial charge on any atom is -0.305 e. The van der Waals surface area contributed by atoms with Crippen LogP contribution in [0.4, 0.5) is 25.1 Å². The Balaban J connectivity index is 1.67. The van der Waals surface area contributed by atoms with Gasteiger partial charge in [-0.15, -0.1) is 22.7 Å². The van der Waals surface area contributed by atoms with E-state index in [9.17, 15) is 13.6 Å². The highest BCUT2D eigenvalue weighted by atomic mass is 32.1. The van der Waals surface area contributed by atoms with Gasteiger partial charge in [-0.2, -0.15) is 0 Å². The molecule has 4 nitrogen and oxygen atoms in total. The summed E-state index contributed by atoms with van der Waals surface area (Å²) in [5.41, 5.74) is -0.104. The van der Waals surface area contributed by atoms with Gasteiger partial charge in [0.15, 0.2) is 0 Å². The first kappa shape index (κ1) is 14.6. The number of hydrogen-bond acceptors (Lipinski definition) is 4. The van der Waals surface area contributed by atoms with E-state index in [0.717, 1.165) is 22.0 Å². The number of nitrogens with zero attached hydrogens (tertiary/aromatic N) is 1. The average Bonchev–Trinajstić information content (AvgIpc) is 3.12. The van der Waals surface area contributed by atoms with Crippen LogP contribution in [-0.2, 0) is 0 Å². The molecule has 0 unspecified atom stereocenters. The van der Waals surface area contributed by atoms with E-state index in [1.807, 2.05) is 17.5 Å². The molecule has 2 heterocycles. The number of benzene rings is 1. The van der Waals surface area contributed by atoms with Gasteiger partial charge in [0.2, 0.25) is 0 Å². The van der Waals surface area contributed by atoms with E-state index in [1.165, 1.54) is 11.3 Å². The molecule has 3 rings (SSSR count). The van der Waals surface area contributed by atoms with Gasteiger partial charge in [-0.05, 0) is 23.6 Å². The van der Waals surface area contributed by atoms with Crippen molar-refractivity contribution in [1.82, 2.24) is 4.98 Å². The first-order chi connectivity index (χ1) is 10.6. The molecule has 0 aliphatic heterocycles. The van der Waals surface area contributed by atoms with Gasteiger partial charge in [-0.25, -0.2) is 18.6 Å². The molecular weight excluding hydrogens is 328 g/mol. The van der Waals surface area contributed by atoms with Crippen LogP contribution in [0, 0.1) is 11.6 Å². The van der Waals surface area contributed by atoms with Crippen LogP contribution in [-0.4, -0.2) is 11.0 Å². The van der Waals surface area contributed by atoms with E-state index in [-0.39, 0.29) is 5.69 Å². The molecule has 2 aromatic heterocycles. The molecule has 2 N–H and O–H groups in total. The maximum Gasteiger partial charge on any atom is 0.324 e. The largest absolute Gasteiger partial charge is 0.324 e. The lowest BCUT2D eigenvalue weighted by Gasteiger charge is -2.06. The summed E-state index contributed by atoms with van der Waals surface area (Å²) in [5.74, 6) is -1.18. The van der Waals surface area contributed by atoms with E-state index < -0.39 is 17.7 Å². The summed E-state index contributed by atoms with van der Waals surface area (Å²) >= 11 is 2.94. The highest BCUT2D eigenvalue weighted by Crippen LogP contribution is 2.29. The number of carbonyl (C=O) groups is 1. The summed E-state index contributed by atoms with van der Waals surface area (Å²) in [6.45, 7) is 0. The zero-order chi connectivity index (χ0) is 15.5. The number of thiophene rings is 1. The summed E-state index contributed by atoms with van der Waals surface area (Å²) in [7, 11) is 0. The normalized spacial score (nSPS) is 10.5. The van der Waals surface area contributed by atoms with Crippen molar-refractivity contribution in [2.45, 2.75) is 0 Å². The van der Waals surface area contributed by atoms with Crippen molar-refractivity contribution in [1.29, 1.82) is 0 Å². The number of carbonyl (C=O) groups excluding carboxylic acids is 1. The van der Waals surface area contributed by atoms with E-state index in [4.69, 9.17) is 0 Å². The summed E-state index contributed by atoms with van der Waals surface area (Å²) in [6, 6.07) is 6.12. The van der Waals surface area contributed by atoms with Crippen LogP contribution in [0.2, 0.25) is 0 Å². The molecular formula is C14H9F2N3OS2. The number of nitrogens with one attached hydrogen (secondary N) is 2. The molecule has 0 fully saturated rings. The second kappa shape index (κ2) is 6.20. The fourth-order valence-corrected chi connectivity index (χ4v) is 3.27. The minimum absolute atomic E-state index is 0.104. The van der Waals surface area contributed by atoms with Gasteiger partial charge in [0.25, 0.3) is 0 Å². The summed E-state index contributed by atoms with van der Waals surface area (Å²) in [4.78, 5) is 17.1. The van der Waals surface area contributed by atoms with Crippen LogP contribution in [0.25, 0.3) is 9.88 Å². The number of urea groups is 1. The molecule has 0 aliphatic carbocycles. The van der Waals surface area contributed by atoms with E-state index in [0.29, 0.717) is 11.9 Å². The number of aromatic nitrogens is 1. The Hall–Kier alpha value is -2.32. The molecule has 0 spiro atoms. The van der Waals surface area contributed by atoms with Crippen molar-refractivity contribution in [2.75, 3.05) is 10.6 Å². The van der Waals surface area contributed by atoms with Gasteiger partial charge < -0.3 is 5.32 Å². The molecule has 8 heteroatoms. The van der Waals surface area contributed by atoms with Crippen LogP contribution in [0.1, 0.15) is 0 Å². The van der Waals surface area contributed by atoms with Crippen LogP contribution in [0.15, 0.2) is 41.1 Å². The van der Waals surface area contributed by atoms with Crippen molar-refractivity contribution in [3.05, 3.63) is 52.7 Å². The minimum atomic E-state index is -0.840. The van der Waals surface area contributed by atoms with Crippen molar-refractivity contribution < 1.29 is 13.6 Å². The number of halogens is 2. The van der Waals surface area contributed by atoms with Crippen molar-refractivity contribution in [3.8, 4) is 9.88 Å². The molecule has 0 bridgehead atoms. The van der Waals surface area contributed by atoms with Gasteiger partial charge in [-0.1, -0.05) is 6.07 Å². The third-order valence-corrected chi connectivity index (χ3v) is 4.54. The maximum absolute atomic E-state index is 13.4. The second-order valence-corrected chi connectivity index (χ2v) is 6.02. The Bertz CT molecular complexity index is 802. The molecule has 2 amide bonds. The Morgan fingerprint density at radius 2 is 2.00 bits per heavy atom. The van der Waals surface area contributed by atoms with Crippen molar-refractivity contribution in [2.24, 2.45) is 0 Å². The average molecular weight is 337 g/mol. The predicted octanol–water partition coefficient (Wildman–Crippen LogP) is 4.79. The molecule has 0 saturated carbocycles. The van der Waals surface area contributed by atoms with Gasteiger partial charge in [0.05, 0.1) is 10.6 Å². The summed E-state index contributed by atoms with van der Waals surface area (Å²) in [5, 5.41) is 9.23. The van der Waals surface area contributed by atoms with Crippen LogP contribution >= 0.6 is 22.7 Å². The topological polar surface area (TPSA) is 54.0 Å². The summed E-state index contributed by atoms with van der Waals surface area (Å²) in [6.07, 6.45) is 0. The fraction of sp³-hybridized carbons (Fsp3) is 0. The highest BCUT2D eigenvalue weighted by Gasteiger charge is 2.11. The zero-order valence-corrected chi connectivity index (χ0v) is 12.6. The summed E-state index contributed by atoms with van der Waals surface area (Å²) < 4.78 is 26.2. The lowest BCUT2D eigenvalue weighted by molar-refractivity contribution is 0.262. The van der Waals surface area contributed by atoms with E-state index in [2.05, 4.69) is 15.6 Å². The van der Waals surface area contributed by atoms with Crippen molar-refractivity contribution in [3.63, 3.8) is 0 Å². The van der Waals surface area contributed by atoms with Crippen LogP contribution in [0.5, 0.6) is 0 Å². The van der Waals surface area contributed by atoms with Crippen LogP contribution < -0.4 is 10.6 Å².